The van der Waals surface area contributed by atoms with E-state index >= 15 is 0 Å². The van der Waals surface area contributed by atoms with Crippen LogP contribution in [0.2, 0.25) is 0 Å². The molecule has 0 aliphatic heterocycles. The zero-order valence-corrected chi connectivity index (χ0v) is 10.7. The highest BCUT2D eigenvalue weighted by molar-refractivity contribution is 5.33. The van der Waals surface area contributed by atoms with Crippen molar-refractivity contribution in [3.63, 3.8) is 0 Å². The Labute approximate surface area is 107 Å². The lowest BCUT2D eigenvalue weighted by Gasteiger charge is -2.12. The first-order valence-corrected chi connectivity index (χ1v) is 5.96. The van der Waals surface area contributed by atoms with Crippen LogP contribution in [0.3, 0.4) is 0 Å². The van der Waals surface area contributed by atoms with Crippen LogP contribution >= 0.6 is 0 Å². The van der Waals surface area contributed by atoms with Crippen LogP contribution in [0.25, 0.3) is 0 Å². The van der Waals surface area contributed by atoms with Gasteiger partial charge < -0.3 is 10.5 Å². The number of benzene rings is 1. The molecule has 1 unspecified atom stereocenters. The van der Waals surface area contributed by atoms with E-state index in [1.807, 2.05) is 38.2 Å². The summed E-state index contributed by atoms with van der Waals surface area (Å²) in [7, 11) is 1.85. The summed E-state index contributed by atoms with van der Waals surface area (Å²) in [6, 6.07) is 8.05. The molecule has 0 aliphatic carbocycles. The minimum Gasteiger partial charge on any atom is -0.485 e. The Morgan fingerprint density at radius 3 is 2.83 bits per heavy atom. The molecule has 0 spiro atoms. The zero-order chi connectivity index (χ0) is 13.0. The van der Waals surface area contributed by atoms with Gasteiger partial charge in [0.05, 0.1) is 0 Å². The van der Waals surface area contributed by atoms with Gasteiger partial charge in [-0.05, 0) is 25.0 Å². The van der Waals surface area contributed by atoms with Crippen molar-refractivity contribution in [2.45, 2.75) is 26.0 Å². The van der Waals surface area contributed by atoms with Gasteiger partial charge in [0.2, 0.25) is 0 Å². The van der Waals surface area contributed by atoms with Crippen molar-refractivity contribution >= 4 is 0 Å². The van der Waals surface area contributed by atoms with E-state index in [2.05, 4.69) is 10.1 Å². The largest absolute Gasteiger partial charge is 0.485 e. The van der Waals surface area contributed by atoms with Crippen LogP contribution in [0.1, 0.15) is 18.3 Å². The maximum Gasteiger partial charge on any atom is 0.164 e. The van der Waals surface area contributed by atoms with Gasteiger partial charge >= 0.3 is 0 Å². The lowest BCUT2D eigenvalue weighted by molar-refractivity contribution is 0.286. The summed E-state index contributed by atoms with van der Waals surface area (Å²) < 4.78 is 7.49. The van der Waals surface area contributed by atoms with Crippen LogP contribution in [-0.2, 0) is 20.1 Å². The van der Waals surface area contributed by atoms with Gasteiger partial charge in [0, 0.05) is 13.1 Å². The molecule has 2 N–H and O–H groups in total. The van der Waals surface area contributed by atoms with Gasteiger partial charge in [-0.25, -0.2) is 4.98 Å². The number of rotatable bonds is 5. The van der Waals surface area contributed by atoms with Crippen molar-refractivity contribution in [3.05, 3.63) is 42.0 Å². The molecule has 0 fully saturated rings. The highest BCUT2D eigenvalue weighted by Crippen LogP contribution is 2.20. The fourth-order valence-electron chi connectivity index (χ4n) is 1.75. The van der Waals surface area contributed by atoms with Crippen LogP contribution in [0, 0.1) is 0 Å². The van der Waals surface area contributed by atoms with Crippen LogP contribution in [0.5, 0.6) is 5.75 Å². The summed E-state index contributed by atoms with van der Waals surface area (Å²) >= 11 is 0. The second-order valence-corrected chi connectivity index (χ2v) is 4.38. The first kappa shape index (κ1) is 12.6. The number of aryl methyl sites for hydroxylation is 1. The van der Waals surface area contributed by atoms with Gasteiger partial charge in [-0.2, -0.15) is 5.10 Å². The third-order valence-corrected chi connectivity index (χ3v) is 2.68. The van der Waals surface area contributed by atoms with Gasteiger partial charge in [0.15, 0.2) is 5.82 Å². The topological polar surface area (TPSA) is 66.0 Å². The summed E-state index contributed by atoms with van der Waals surface area (Å²) in [4.78, 5) is 4.12. The smallest absolute Gasteiger partial charge is 0.164 e. The lowest BCUT2D eigenvalue weighted by Crippen LogP contribution is -2.18. The van der Waals surface area contributed by atoms with Crippen molar-refractivity contribution in [2.24, 2.45) is 12.8 Å². The Morgan fingerprint density at radius 2 is 2.17 bits per heavy atom. The van der Waals surface area contributed by atoms with E-state index in [0.29, 0.717) is 6.61 Å². The molecule has 2 aromatic rings. The van der Waals surface area contributed by atoms with Crippen LogP contribution < -0.4 is 10.5 Å². The molecule has 0 saturated heterocycles. The van der Waals surface area contributed by atoms with Crippen LogP contribution in [0.15, 0.2) is 30.6 Å². The van der Waals surface area contributed by atoms with Crippen LogP contribution in [-0.4, -0.2) is 20.8 Å². The number of hydrogen-bond donors (Lipinski definition) is 1. The van der Waals surface area contributed by atoms with E-state index in [0.717, 1.165) is 23.6 Å². The molecular formula is C13H18N4O. The third-order valence-electron chi connectivity index (χ3n) is 2.68. The van der Waals surface area contributed by atoms with Gasteiger partial charge in [0.25, 0.3) is 0 Å². The Morgan fingerprint density at radius 1 is 1.39 bits per heavy atom. The average molecular weight is 246 g/mol. The number of nitrogens with two attached hydrogens (primary N) is 1. The van der Waals surface area contributed by atoms with Crippen molar-refractivity contribution in [1.29, 1.82) is 0 Å². The summed E-state index contributed by atoms with van der Waals surface area (Å²) in [6.45, 7) is 2.39. The highest BCUT2D eigenvalue weighted by Gasteiger charge is 2.07. The van der Waals surface area contributed by atoms with Crippen LogP contribution in [0.4, 0.5) is 0 Å². The van der Waals surface area contributed by atoms with Gasteiger partial charge in [0.1, 0.15) is 18.7 Å². The fourth-order valence-corrected chi connectivity index (χ4v) is 1.75. The van der Waals surface area contributed by atoms with E-state index < -0.39 is 0 Å². The summed E-state index contributed by atoms with van der Waals surface area (Å²) in [5.74, 6) is 1.66. The first-order valence-electron chi connectivity index (χ1n) is 5.96. The van der Waals surface area contributed by atoms with Gasteiger partial charge in [-0.1, -0.05) is 18.2 Å². The standard InChI is InChI=1S/C13H18N4O/c1-10(14)7-11-5-3-4-6-12(11)18-8-13-15-9-16-17(13)2/h3-6,9-10H,7-8,14H2,1-2H3. The Bertz CT molecular complexity index is 507. The molecule has 1 aromatic carbocycles. The van der Waals surface area contributed by atoms with E-state index in [4.69, 9.17) is 10.5 Å². The van der Waals surface area contributed by atoms with Crippen molar-refractivity contribution in [2.75, 3.05) is 0 Å². The minimum atomic E-state index is 0.115. The zero-order valence-electron chi connectivity index (χ0n) is 10.7. The molecule has 1 atom stereocenters. The number of ether oxygens (including phenoxy) is 1. The monoisotopic (exact) mass is 246 g/mol. The van der Waals surface area contributed by atoms with E-state index in [-0.39, 0.29) is 6.04 Å². The Balaban J connectivity index is 2.07. The average Bonchev–Trinajstić information content (AvgIpc) is 2.73. The summed E-state index contributed by atoms with van der Waals surface area (Å²) in [6.07, 6.45) is 2.32. The minimum absolute atomic E-state index is 0.115. The van der Waals surface area contributed by atoms with Gasteiger partial charge in [-0.15, -0.1) is 0 Å². The quantitative estimate of drug-likeness (QED) is 0.863. The number of hydrogen-bond acceptors (Lipinski definition) is 4. The SMILES string of the molecule is CC(N)Cc1ccccc1OCc1ncnn1C. The molecule has 0 amide bonds. The molecule has 0 aliphatic rings. The molecule has 5 heteroatoms. The normalized spacial score (nSPS) is 12.4. The molecule has 96 valence electrons. The molecule has 0 bridgehead atoms. The maximum atomic E-state index is 5.83. The number of aromatic nitrogens is 3. The van der Waals surface area contributed by atoms with Crippen molar-refractivity contribution < 1.29 is 4.74 Å². The second-order valence-electron chi connectivity index (χ2n) is 4.38. The van der Waals surface area contributed by atoms with Crippen molar-refractivity contribution in [1.82, 2.24) is 14.8 Å². The van der Waals surface area contributed by atoms with Crippen molar-refractivity contribution in [3.8, 4) is 5.75 Å². The van der Waals surface area contributed by atoms with E-state index in [1.165, 1.54) is 6.33 Å². The predicted octanol–water partition coefficient (Wildman–Crippen LogP) is 1.28. The maximum absolute atomic E-state index is 5.83. The predicted molar refractivity (Wildman–Crippen MR) is 69.1 cm³/mol. The summed E-state index contributed by atoms with van der Waals surface area (Å²) in [5.41, 5.74) is 6.95. The molecule has 0 saturated carbocycles. The molecule has 1 aromatic heterocycles. The highest BCUT2D eigenvalue weighted by atomic mass is 16.5. The molecule has 18 heavy (non-hydrogen) atoms. The molecular weight excluding hydrogens is 228 g/mol. The van der Waals surface area contributed by atoms with Gasteiger partial charge in [-0.3, -0.25) is 4.68 Å². The Kier molecular flexibility index (Phi) is 3.94. The molecule has 5 nitrogen and oxygen atoms in total. The first-order chi connectivity index (χ1) is 8.66. The van der Waals surface area contributed by atoms with E-state index in [1.54, 1.807) is 4.68 Å². The lowest BCUT2D eigenvalue weighted by atomic mass is 10.1. The summed E-state index contributed by atoms with van der Waals surface area (Å²) in [5, 5.41) is 4.01. The Hall–Kier alpha value is -1.88. The molecule has 2 rings (SSSR count). The fraction of sp³-hybridized carbons (Fsp3) is 0.385. The number of para-hydroxylation sites is 1. The second kappa shape index (κ2) is 5.64. The molecule has 0 radical (unpaired) electrons. The number of nitrogens with zero attached hydrogens (tertiary/aromatic N) is 3. The van der Waals surface area contributed by atoms with E-state index in [9.17, 15) is 0 Å². The third kappa shape index (κ3) is 3.07. The molecule has 1 heterocycles.